The van der Waals surface area contributed by atoms with Crippen LogP contribution in [0.1, 0.15) is 28.8 Å². The van der Waals surface area contributed by atoms with Crippen molar-refractivity contribution < 1.29 is 42.5 Å². The fraction of sp³-hybridized carbons (Fsp3) is 0.273. The van der Waals surface area contributed by atoms with Crippen LogP contribution in [-0.2, 0) is 25.6 Å². The van der Waals surface area contributed by atoms with Gasteiger partial charge in [-0.3, -0.25) is 14.5 Å². The van der Waals surface area contributed by atoms with Gasteiger partial charge in [0.25, 0.3) is 11.1 Å². The highest BCUT2D eigenvalue weighted by molar-refractivity contribution is 8.18. The van der Waals surface area contributed by atoms with Crippen molar-refractivity contribution >= 4 is 52.5 Å². The number of methoxy groups -OCH3 is 2. The topological polar surface area (TPSA) is 122 Å². The summed E-state index contributed by atoms with van der Waals surface area (Å²) in [6, 6.07) is 5.94. The summed E-state index contributed by atoms with van der Waals surface area (Å²) >= 11 is 7.04. The number of rotatable bonds is 9. The molecule has 0 bridgehead atoms. The van der Waals surface area contributed by atoms with Crippen molar-refractivity contribution in [1.82, 2.24) is 4.90 Å². The lowest BCUT2D eigenvalue weighted by Gasteiger charge is -2.13. The number of imide groups is 1. The maximum Gasteiger partial charge on any atom is 0.373 e. The monoisotopic (exact) mass is 509 g/mol. The molecule has 1 saturated heterocycles. The first-order valence-electron chi connectivity index (χ1n) is 9.85. The Balaban J connectivity index is 1.77. The Hall–Kier alpha value is -3.44. The van der Waals surface area contributed by atoms with Gasteiger partial charge in [0, 0.05) is 0 Å². The lowest BCUT2D eigenvalue weighted by atomic mass is 10.1. The molecular weight excluding hydrogens is 490 g/mol. The maximum absolute atomic E-state index is 12.8. The molecule has 180 valence electrons. The van der Waals surface area contributed by atoms with E-state index in [0.29, 0.717) is 5.56 Å². The average molecular weight is 510 g/mol. The van der Waals surface area contributed by atoms with Gasteiger partial charge in [0.05, 0.1) is 37.3 Å². The quantitative estimate of drug-likeness (QED) is 0.363. The van der Waals surface area contributed by atoms with E-state index in [9.17, 15) is 19.2 Å². The van der Waals surface area contributed by atoms with Gasteiger partial charge in [-0.05, 0) is 54.6 Å². The van der Waals surface area contributed by atoms with E-state index in [2.05, 4.69) is 4.74 Å². The molecule has 1 aromatic carbocycles. The molecule has 2 amide bonds. The normalized spacial score (nSPS) is 14.5. The van der Waals surface area contributed by atoms with Gasteiger partial charge in [-0.15, -0.1) is 0 Å². The van der Waals surface area contributed by atoms with Crippen LogP contribution in [0.2, 0.25) is 5.02 Å². The molecule has 0 saturated carbocycles. The number of amides is 2. The van der Waals surface area contributed by atoms with E-state index < -0.39 is 23.1 Å². The van der Waals surface area contributed by atoms with E-state index in [1.165, 1.54) is 38.5 Å². The number of nitrogens with zero attached hydrogens (tertiary/aromatic N) is 1. The number of hydrogen-bond acceptors (Lipinski definition) is 10. The Kier molecular flexibility index (Phi) is 8.24. The van der Waals surface area contributed by atoms with Crippen molar-refractivity contribution in [2.24, 2.45) is 0 Å². The minimum Gasteiger partial charge on any atom is -0.493 e. The van der Waals surface area contributed by atoms with E-state index in [-0.39, 0.29) is 52.7 Å². The van der Waals surface area contributed by atoms with E-state index in [4.69, 9.17) is 30.2 Å². The van der Waals surface area contributed by atoms with Gasteiger partial charge in [0.15, 0.2) is 18.1 Å². The molecule has 0 N–H and O–H groups in total. The van der Waals surface area contributed by atoms with Crippen LogP contribution in [0, 0.1) is 0 Å². The van der Waals surface area contributed by atoms with Gasteiger partial charge in [0.2, 0.25) is 5.76 Å². The van der Waals surface area contributed by atoms with Gasteiger partial charge in [-0.1, -0.05) is 11.6 Å². The lowest BCUT2D eigenvalue weighted by molar-refractivity contribution is -0.145. The van der Waals surface area contributed by atoms with Crippen molar-refractivity contribution in [2.45, 2.75) is 13.5 Å². The van der Waals surface area contributed by atoms with Gasteiger partial charge in [-0.2, -0.15) is 0 Å². The van der Waals surface area contributed by atoms with Crippen molar-refractivity contribution in [3.05, 3.63) is 51.3 Å². The summed E-state index contributed by atoms with van der Waals surface area (Å²) in [7, 11) is 2.61. The first kappa shape index (κ1) is 25.2. The van der Waals surface area contributed by atoms with E-state index >= 15 is 0 Å². The molecule has 0 spiro atoms. The van der Waals surface area contributed by atoms with Gasteiger partial charge < -0.3 is 23.4 Å². The average Bonchev–Trinajstić information content (AvgIpc) is 3.38. The number of carbonyl (C=O) groups excluding carboxylic acids is 4. The number of esters is 2. The van der Waals surface area contributed by atoms with E-state index in [1.807, 2.05) is 0 Å². The number of ether oxygens (including phenoxy) is 4. The van der Waals surface area contributed by atoms with Crippen LogP contribution in [0.3, 0.4) is 0 Å². The molecule has 3 rings (SSSR count). The van der Waals surface area contributed by atoms with Gasteiger partial charge >= 0.3 is 11.9 Å². The zero-order valence-electron chi connectivity index (χ0n) is 18.4. The minimum atomic E-state index is -0.666. The molecule has 10 nitrogen and oxygen atoms in total. The molecular formula is C22H20ClNO9S. The van der Waals surface area contributed by atoms with Crippen LogP contribution < -0.4 is 9.47 Å². The summed E-state index contributed by atoms with van der Waals surface area (Å²) in [6.45, 7) is 1.39. The predicted octanol–water partition coefficient (Wildman–Crippen LogP) is 3.91. The second-order valence-electron chi connectivity index (χ2n) is 6.65. The number of benzene rings is 1. The van der Waals surface area contributed by atoms with Crippen molar-refractivity contribution in [3.8, 4) is 11.5 Å². The molecule has 1 aliphatic heterocycles. The summed E-state index contributed by atoms with van der Waals surface area (Å²) < 4.78 is 25.4. The fourth-order valence-corrected chi connectivity index (χ4v) is 4.03. The summed E-state index contributed by atoms with van der Waals surface area (Å²) in [5.41, 5.74) is 0.474. The van der Waals surface area contributed by atoms with Crippen LogP contribution in [0.4, 0.5) is 4.79 Å². The first-order chi connectivity index (χ1) is 16.3. The second-order valence-corrected chi connectivity index (χ2v) is 8.05. The van der Waals surface area contributed by atoms with E-state index in [0.717, 1.165) is 16.7 Å². The van der Waals surface area contributed by atoms with Gasteiger partial charge in [0.1, 0.15) is 5.76 Å². The molecule has 0 radical (unpaired) electrons. The smallest absolute Gasteiger partial charge is 0.373 e. The lowest BCUT2D eigenvalue weighted by Crippen LogP contribution is -2.27. The zero-order chi connectivity index (χ0) is 24.8. The fourth-order valence-electron chi connectivity index (χ4n) is 2.91. The van der Waals surface area contributed by atoms with Crippen LogP contribution in [0.5, 0.6) is 11.5 Å². The minimum absolute atomic E-state index is 0.0352. The molecule has 2 aromatic rings. The number of halogens is 1. The molecule has 1 fully saturated rings. The van der Waals surface area contributed by atoms with Crippen molar-refractivity contribution in [1.29, 1.82) is 0 Å². The molecule has 1 aromatic heterocycles. The maximum atomic E-state index is 12.8. The Bertz CT molecular complexity index is 1160. The molecule has 0 atom stereocenters. The third kappa shape index (κ3) is 5.72. The largest absolute Gasteiger partial charge is 0.493 e. The number of carbonyl (C=O) groups is 4. The van der Waals surface area contributed by atoms with Crippen LogP contribution in [-0.4, -0.2) is 55.4 Å². The highest BCUT2D eigenvalue weighted by Crippen LogP contribution is 2.39. The molecule has 2 heterocycles. The summed E-state index contributed by atoms with van der Waals surface area (Å²) in [5, 5.41) is -0.361. The Morgan fingerprint density at radius 1 is 1.21 bits per heavy atom. The Labute approximate surface area is 203 Å². The van der Waals surface area contributed by atoms with Crippen LogP contribution in [0.15, 0.2) is 33.6 Å². The standard InChI is InChI=1S/C22H20ClNO9S/c1-4-31-18(25)11-32-19-14(23)7-12(8-16(19)29-2)9-17-20(26)24(22(28)34-17)10-13-5-6-15(33-13)21(27)30-3/h5-9H,4,10-11H2,1-3H3/b17-9+. The predicted molar refractivity (Wildman–Crippen MR) is 122 cm³/mol. The summed E-state index contributed by atoms with van der Waals surface area (Å²) in [5.74, 6) is -1.18. The van der Waals surface area contributed by atoms with Crippen LogP contribution in [0.25, 0.3) is 6.08 Å². The molecule has 34 heavy (non-hydrogen) atoms. The van der Waals surface area contributed by atoms with Crippen molar-refractivity contribution in [2.75, 3.05) is 27.4 Å². The third-order valence-electron chi connectivity index (χ3n) is 4.42. The number of furan rings is 1. The number of thioether (sulfide) groups is 1. The first-order valence-corrected chi connectivity index (χ1v) is 11.0. The molecule has 0 unspecified atom stereocenters. The zero-order valence-corrected chi connectivity index (χ0v) is 20.0. The Morgan fingerprint density at radius 2 is 1.97 bits per heavy atom. The molecule has 0 aliphatic carbocycles. The second kappa shape index (κ2) is 11.1. The SMILES string of the molecule is CCOC(=O)COc1c(Cl)cc(/C=C2/SC(=O)N(Cc3ccc(C(=O)OC)o3)C2=O)cc1OC. The number of hydrogen-bond donors (Lipinski definition) is 0. The third-order valence-corrected chi connectivity index (χ3v) is 5.61. The molecule has 1 aliphatic rings. The highest BCUT2D eigenvalue weighted by Gasteiger charge is 2.36. The van der Waals surface area contributed by atoms with Gasteiger partial charge in [-0.25, -0.2) is 9.59 Å². The van der Waals surface area contributed by atoms with Crippen LogP contribution >= 0.6 is 23.4 Å². The summed E-state index contributed by atoms with van der Waals surface area (Å²) in [6.07, 6.45) is 1.48. The highest BCUT2D eigenvalue weighted by atomic mass is 35.5. The Morgan fingerprint density at radius 3 is 2.65 bits per heavy atom. The molecule has 12 heteroatoms. The summed E-state index contributed by atoms with van der Waals surface area (Å²) in [4.78, 5) is 49.5. The van der Waals surface area contributed by atoms with E-state index in [1.54, 1.807) is 13.0 Å². The van der Waals surface area contributed by atoms with Crippen molar-refractivity contribution in [3.63, 3.8) is 0 Å².